The second kappa shape index (κ2) is 9.21. The van der Waals surface area contributed by atoms with Crippen molar-refractivity contribution in [3.05, 3.63) is 49.9 Å². The first kappa shape index (κ1) is 23.4. The van der Waals surface area contributed by atoms with Gasteiger partial charge in [0.25, 0.3) is 5.91 Å². The third-order valence-corrected chi connectivity index (χ3v) is 6.51. The average molecular weight is 522 g/mol. The summed E-state index contributed by atoms with van der Waals surface area (Å²) in [6.07, 6.45) is -1.94. The monoisotopic (exact) mass is 520 g/mol. The molecule has 0 radical (unpaired) electrons. The van der Waals surface area contributed by atoms with Gasteiger partial charge in [0.1, 0.15) is 5.52 Å². The number of aromatic nitrogens is 2. The predicted octanol–water partition coefficient (Wildman–Crippen LogP) is 7.02. The van der Waals surface area contributed by atoms with Gasteiger partial charge in [-0.15, -0.1) is 0 Å². The highest BCUT2D eigenvalue weighted by Gasteiger charge is 2.30. The third-order valence-electron chi connectivity index (χ3n) is 5.41. The fourth-order valence-electron chi connectivity index (χ4n) is 4.05. The summed E-state index contributed by atoms with van der Waals surface area (Å²) in [6.45, 7) is 3.04. The zero-order valence-corrected chi connectivity index (χ0v) is 19.8. The van der Waals surface area contributed by atoms with Crippen LogP contribution in [0.3, 0.4) is 0 Å². The lowest BCUT2D eigenvalue weighted by molar-refractivity contribution is -0.132. The first-order chi connectivity index (χ1) is 15.2. The van der Waals surface area contributed by atoms with Gasteiger partial charge in [0.15, 0.2) is 0 Å². The van der Waals surface area contributed by atoms with Gasteiger partial charge < -0.3 is 14.8 Å². The number of fused-ring (bicyclic) bond motifs is 3. The van der Waals surface area contributed by atoms with E-state index >= 15 is 0 Å². The maximum absolute atomic E-state index is 12.9. The number of nitrogens with zero attached hydrogens (tertiary/aromatic N) is 3. The van der Waals surface area contributed by atoms with Gasteiger partial charge >= 0.3 is 6.43 Å². The number of carbonyl (C=O) groups excluding carboxylic acids is 1. The number of rotatable bonds is 5. The minimum Gasteiger partial charge on any atom is -0.344 e. The standard InChI is InChI=1S/C21H18Cl4F2N4O/c1-2-15(28-20(32)19(26)27)11-4-5-12(23)16-17(11)30-6-3-7-31(21(30)29-16)18-13(24)8-10(22)9-14(18)25/h4-5,8-9,15,19H,2-3,6-7H2,1H3,(H,28,32). The molecule has 170 valence electrons. The Hall–Kier alpha value is -1.80. The second-order valence-corrected chi connectivity index (χ2v) is 9.05. The maximum atomic E-state index is 12.9. The quantitative estimate of drug-likeness (QED) is 0.392. The van der Waals surface area contributed by atoms with Crippen LogP contribution in [0.25, 0.3) is 11.0 Å². The Morgan fingerprint density at radius 2 is 1.81 bits per heavy atom. The van der Waals surface area contributed by atoms with E-state index in [0.717, 1.165) is 6.42 Å². The number of aryl methyl sites for hydroxylation is 1. The lowest BCUT2D eigenvalue weighted by atomic mass is 10.0. The third kappa shape index (κ3) is 4.12. The Bertz CT molecular complexity index is 1180. The van der Waals surface area contributed by atoms with Crippen LogP contribution in [0.4, 0.5) is 20.4 Å². The molecule has 0 saturated heterocycles. The van der Waals surface area contributed by atoms with Gasteiger partial charge in [-0.25, -0.2) is 4.98 Å². The highest BCUT2D eigenvalue weighted by molar-refractivity contribution is 6.42. The molecule has 4 rings (SSSR count). The molecule has 11 heteroatoms. The second-order valence-electron chi connectivity index (χ2n) is 7.39. The van der Waals surface area contributed by atoms with E-state index in [4.69, 9.17) is 51.4 Å². The molecule has 0 aliphatic carbocycles. The van der Waals surface area contributed by atoms with Crippen molar-refractivity contribution in [3.8, 4) is 0 Å². The summed E-state index contributed by atoms with van der Waals surface area (Å²) in [6, 6.07) is 5.98. The molecule has 3 aromatic rings. The van der Waals surface area contributed by atoms with Crippen molar-refractivity contribution < 1.29 is 13.6 Å². The van der Waals surface area contributed by atoms with Crippen molar-refractivity contribution in [3.63, 3.8) is 0 Å². The van der Waals surface area contributed by atoms with Crippen molar-refractivity contribution in [2.45, 2.75) is 38.8 Å². The number of halogens is 6. The molecular weight excluding hydrogens is 504 g/mol. The Labute approximate surface area is 203 Å². The first-order valence-electron chi connectivity index (χ1n) is 9.92. The Kier molecular flexibility index (Phi) is 6.73. The van der Waals surface area contributed by atoms with Gasteiger partial charge in [0.05, 0.1) is 32.3 Å². The van der Waals surface area contributed by atoms with Crippen LogP contribution in [0.2, 0.25) is 20.1 Å². The molecule has 32 heavy (non-hydrogen) atoms. The van der Waals surface area contributed by atoms with Crippen LogP contribution >= 0.6 is 46.4 Å². The Balaban J connectivity index is 1.89. The van der Waals surface area contributed by atoms with Crippen LogP contribution in [0.1, 0.15) is 31.4 Å². The van der Waals surface area contributed by atoms with Crippen molar-refractivity contribution in [1.29, 1.82) is 0 Å². The number of hydrogen-bond acceptors (Lipinski definition) is 3. The van der Waals surface area contributed by atoms with Gasteiger partial charge in [-0.3, -0.25) is 4.79 Å². The summed E-state index contributed by atoms with van der Waals surface area (Å²) >= 11 is 25.5. The van der Waals surface area contributed by atoms with E-state index in [0.29, 0.717) is 67.8 Å². The van der Waals surface area contributed by atoms with E-state index in [9.17, 15) is 13.6 Å². The molecule has 0 spiro atoms. The van der Waals surface area contributed by atoms with Crippen LogP contribution in [-0.4, -0.2) is 28.4 Å². The van der Waals surface area contributed by atoms with Crippen molar-refractivity contribution in [1.82, 2.24) is 14.9 Å². The highest BCUT2D eigenvalue weighted by Crippen LogP contribution is 2.43. The molecule has 1 aromatic heterocycles. The van der Waals surface area contributed by atoms with Crippen LogP contribution in [0.15, 0.2) is 24.3 Å². The fourth-order valence-corrected chi connectivity index (χ4v) is 5.26. The molecule has 1 aliphatic rings. The van der Waals surface area contributed by atoms with Crippen molar-refractivity contribution in [2.24, 2.45) is 0 Å². The summed E-state index contributed by atoms with van der Waals surface area (Å²) in [4.78, 5) is 18.3. The normalized spacial score (nSPS) is 14.7. The molecule has 2 aromatic carbocycles. The number of benzene rings is 2. The van der Waals surface area contributed by atoms with Gasteiger partial charge in [0, 0.05) is 23.7 Å². The summed E-state index contributed by atoms with van der Waals surface area (Å²) in [5.74, 6) is -0.749. The van der Waals surface area contributed by atoms with Crippen LogP contribution < -0.4 is 10.2 Å². The smallest absolute Gasteiger partial charge is 0.315 e. The van der Waals surface area contributed by atoms with Crippen molar-refractivity contribution in [2.75, 3.05) is 11.4 Å². The molecule has 0 saturated carbocycles. The minimum absolute atomic E-state index is 0.380. The lowest BCUT2D eigenvalue weighted by Gasteiger charge is -2.31. The molecule has 1 N–H and O–H groups in total. The van der Waals surface area contributed by atoms with Gasteiger partial charge in [-0.1, -0.05) is 59.4 Å². The van der Waals surface area contributed by atoms with Gasteiger partial charge in [0.2, 0.25) is 5.95 Å². The predicted molar refractivity (Wildman–Crippen MR) is 125 cm³/mol. The molecule has 0 fully saturated rings. The first-order valence-corrected chi connectivity index (χ1v) is 11.4. The average Bonchev–Trinajstić information content (AvgIpc) is 3.13. The molecule has 0 bridgehead atoms. The van der Waals surface area contributed by atoms with E-state index in [1.807, 2.05) is 16.4 Å². The number of amides is 1. The van der Waals surface area contributed by atoms with E-state index in [1.165, 1.54) is 0 Å². The van der Waals surface area contributed by atoms with Gasteiger partial charge in [-0.05, 0) is 31.0 Å². The Morgan fingerprint density at radius 3 is 2.44 bits per heavy atom. The molecule has 1 amide bonds. The molecular formula is C21H18Cl4F2N4O. The van der Waals surface area contributed by atoms with E-state index in [1.54, 1.807) is 24.3 Å². The largest absolute Gasteiger partial charge is 0.344 e. The van der Waals surface area contributed by atoms with Crippen LogP contribution in [0.5, 0.6) is 0 Å². The molecule has 2 heterocycles. The summed E-state index contributed by atoms with van der Waals surface area (Å²) in [7, 11) is 0. The topological polar surface area (TPSA) is 50.2 Å². The number of imidazole rings is 1. The zero-order chi connectivity index (χ0) is 23.2. The number of nitrogens with one attached hydrogen (secondary N) is 1. The SMILES string of the molecule is CCC(NC(=O)C(F)F)c1ccc(Cl)c2nc3n(c12)CCCN3c1c(Cl)cc(Cl)cc1Cl. The number of carbonyl (C=O) groups is 1. The number of hydrogen-bond donors (Lipinski definition) is 1. The fraction of sp³-hybridized carbons (Fsp3) is 0.333. The Morgan fingerprint density at radius 1 is 1.12 bits per heavy atom. The summed E-state index contributed by atoms with van der Waals surface area (Å²) in [5.41, 5.74) is 2.43. The molecule has 5 nitrogen and oxygen atoms in total. The minimum atomic E-state index is -3.10. The van der Waals surface area contributed by atoms with E-state index in [-0.39, 0.29) is 0 Å². The van der Waals surface area contributed by atoms with Crippen LogP contribution in [-0.2, 0) is 11.3 Å². The van der Waals surface area contributed by atoms with Gasteiger partial charge in [-0.2, -0.15) is 8.78 Å². The zero-order valence-electron chi connectivity index (χ0n) is 16.8. The van der Waals surface area contributed by atoms with Crippen LogP contribution in [0, 0.1) is 0 Å². The molecule has 1 unspecified atom stereocenters. The lowest BCUT2D eigenvalue weighted by Crippen LogP contribution is -2.33. The maximum Gasteiger partial charge on any atom is 0.315 e. The van der Waals surface area contributed by atoms with E-state index in [2.05, 4.69) is 5.32 Å². The van der Waals surface area contributed by atoms with Crippen molar-refractivity contribution >= 4 is 75.0 Å². The number of alkyl halides is 2. The summed E-state index contributed by atoms with van der Waals surface area (Å²) < 4.78 is 27.7. The molecule has 1 aliphatic heterocycles. The van der Waals surface area contributed by atoms with E-state index < -0.39 is 18.4 Å². The number of anilines is 2. The summed E-state index contributed by atoms with van der Waals surface area (Å²) in [5, 5.41) is 4.00. The highest BCUT2D eigenvalue weighted by atomic mass is 35.5. The molecule has 1 atom stereocenters.